The Hall–Kier alpha value is -3.72. The van der Waals surface area contributed by atoms with Gasteiger partial charge in [0, 0.05) is 31.9 Å². The first kappa shape index (κ1) is 31.2. The number of nitrogens with zero attached hydrogens (tertiary/aromatic N) is 5. The van der Waals surface area contributed by atoms with Crippen LogP contribution in [0.5, 0.6) is 5.75 Å². The number of likely N-dealkylation sites (N-methyl/N-ethyl adjacent to an activating group) is 1. The maximum Gasteiger partial charge on any atom is 0.508 e. The number of ether oxygens (including phenoxy) is 3. The number of pyridine rings is 1. The van der Waals surface area contributed by atoms with Gasteiger partial charge in [-0.2, -0.15) is 13.2 Å². The highest BCUT2D eigenvalue weighted by Gasteiger charge is 2.29. The SMILES string of the molecule is Cc1c(OCC(F)(F)F)ccnc1C[S@@](=O)c1nc2ccccc2n1C(=O)N(C)CCOC(=O)OC1CCN(C)CC1. The van der Waals surface area contributed by atoms with Crippen LogP contribution in [-0.4, -0.2) is 100.0 Å². The molecule has 1 saturated heterocycles. The van der Waals surface area contributed by atoms with Gasteiger partial charge in [-0.05, 0) is 45.0 Å². The van der Waals surface area contributed by atoms with Crippen molar-refractivity contribution in [1.82, 2.24) is 24.3 Å². The Labute approximate surface area is 243 Å². The average molecular weight is 612 g/mol. The summed E-state index contributed by atoms with van der Waals surface area (Å²) in [5, 5.41) is -0.0570. The molecule has 0 bridgehead atoms. The molecule has 1 fully saturated rings. The summed E-state index contributed by atoms with van der Waals surface area (Å²) in [6.45, 7) is 1.60. The molecule has 3 aromatic rings. The van der Waals surface area contributed by atoms with Gasteiger partial charge < -0.3 is 24.0 Å². The second-order valence-electron chi connectivity index (χ2n) is 9.92. The van der Waals surface area contributed by atoms with Gasteiger partial charge >= 0.3 is 18.4 Å². The quantitative estimate of drug-likeness (QED) is 0.329. The Morgan fingerprint density at radius 3 is 2.60 bits per heavy atom. The van der Waals surface area contributed by atoms with Gasteiger partial charge in [0.05, 0.1) is 39.8 Å². The topological polar surface area (TPSA) is 116 Å². The van der Waals surface area contributed by atoms with Crippen molar-refractivity contribution in [3.8, 4) is 5.75 Å². The van der Waals surface area contributed by atoms with Crippen molar-refractivity contribution in [3.63, 3.8) is 0 Å². The van der Waals surface area contributed by atoms with Gasteiger partial charge in [-0.1, -0.05) is 12.1 Å². The second kappa shape index (κ2) is 13.5. The number of carbonyl (C=O) groups is 2. The summed E-state index contributed by atoms with van der Waals surface area (Å²) in [6.07, 6.45) is -2.82. The molecular weight excluding hydrogens is 579 g/mol. The molecule has 4 rings (SSSR count). The van der Waals surface area contributed by atoms with Crippen molar-refractivity contribution in [3.05, 3.63) is 47.8 Å². The van der Waals surface area contributed by atoms with Gasteiger partial charge in [0.25, 0.3) is 0 Å². The van der Waals surface area contributed by atoms with Crippen molar-refractivity contribution in [2.24, 2.45) is 0 Å². The smallest absolute Gasteiger partial charge is 0.484 e. The Bertz CT molecular complexity index is 1440. The first-order chi connectivity index (χ1) is 19.9. The van der Waals surface area contributed by atoms with Crippen LogP contribution >= 0.6 is 0 Å². The summed E-state index contributed by atoms with van der Waals surface area (Å²) in [7, 11) is 1.58. The number of benzene rings is 1. The normalized spacial score (nSPS) is 15.4. The van der Waals surface area contributed by atoms with E-state index in [1.807, 2.05) is 7.05 Å². The lowest BCUT2D eigenvalue weighted by atomic mass is 10.1. The molecule has 0 spiro atoms. The van der Waals surface area contributed by atoms with Gasteiger partial charge in [-0.3, -0.25) is 9.19 Å². The van der Waals surface area contributed by atoms with Gasteiger partial charge in [-0.15, -0.1) is 0 Å². The summed E-state index contributed by atoms with van der Waals surface area (Å²) < 4.78 is 68.1. The van der Waals surface area contributed by atoms with Crippen molar-refractivity contribution in [2.75, 3.05) is 46.9 Å². The number of hydrogen-bond donors (Lipinski definition) is 0. The maximum atomic E-state index is 13.5. The summed E-state index contributed by atoms with van der Waals surface area (Å²) in [6, 6.07) is 7.47. The van der Waals surface area contributed by atoms with Crippen LogP contribution in [0.15, 0.2) is 41.7 Å². The third-order valence-electron chi connectivity index (χ3n) is 6.74. The van der Waals surface area contributed by atoms with Crippen LogP contribution in [0, 0.1) is 6.92 Å². The van der Waals surface area contributed by atoms with Crippen LogP contribution in [0.25, 0.3) is 11.0 Å². The van der Waals surface area contributed by atoms with E-state index in [-0.39, 0.29) is 41.6 Å². The fourth-order valence-electron chi connectivity index (χ4n) is 4.36. The van der Waals surface area contributed by atoms with E-state index in [0.29, 0.717) is 16.6 Å². The van der Waals surface area contributed by atoms with Gasteiger partial charge in [-0.25, -0.2) is 19.1 Å². The predicted octanol–water partition coefficient (Wildman–Crippen LogP) is 4.14. The number of carbonyl (C=O) groups excluding carboxylic acids is 2. The molecule has 42 heavy (non-hydrogen) atoms. The molecule has 0 saturated carbocycles. The number of fused-ring (bicyclic) bond motifs is 1. The van der Waals surface area contributed by atoms with Crippen LogP contribution < -0.4 is 4.74 Å². The van der Waals surface area contributed by atoms with Crippen molar-refractivity contribution in [2.45, 2.75) is 43.0 Å². The average Bonchev–Trinajstić information content (AvgIpc) is 3.33. The lowest BCUT2D eigenvalue weighted by Crippen LogP contribution is -2.37. The molecular formula is C27H32F3N5O6S. The summed E-state index contributed by atoms with van der Waals surface area (Å²) in [5.74, 6) is -0.255. The van der Waals surface area contributed by atoms with E-state index in [1.54, 1.807) is 24.3 Å². The highest BCUT2D eigenvalue weighted by atomic mass is 32.2. The number of alkyl halides is 3. The molecule has 1 aromatic carbocycles. The lowest BCUT2D eigenvalue weighted by Gasteiger charge is -2.28. The molecule has 15 heteroatoms. The number of imidazole rings is 1. The minimum atomic E-state index is -4.52. The van der Waals surface area contributed by atoms with E-state index in [4.69, 9.17) is 14.2 Å². The van der Waals surface area contributed by atoms with E-state index in [0.717, 1.165) is 25.9 Å². The summed E-state index contributed by atoms with van der Waals surface area (Å²) >= 11 is 0. The van der Waals surface area contributed by atoms with Crippen molar-refractivity contribution < 1.29 is 41.2 Å². The highest BCUT2D eigenvalue weighted by Crippen LogP contribution is 2.26. The van der Waals surface area contributed by atoms with Gasteiger partial charge in [0.15, 0.2) is 6.61 Å². The number of halogens is 3. The zero-order valence-electron chi connectivity index (χ0n) is 23.4. The van der Waals surface area contributed by atoms with Crippen LogP contribution in [0.1, 0.15) is 24.1 Å². The molecule has 0 N–H and O–H groups in total. The Morgan fingerprint density at radius 2 is 1.88 bits per heavy atom. The fraction of sp³-hybridized carbons (Fsp3) is 0.481. The zero-order valence-corrected chi connectivity index (χ0v) is 24.2. The molecule has 11 nitrogen and oxygen atoms in total. The van der Waals surface area contributed by atoms with E-state index >= 15 is 0 Å². The largest absolute Gasteiger partial charge is 0.508 e. The maximum absolute atomic E-state index is 13.5. The van der Waals surface area contributed by atoms with Crippen molar-refractivity contribution in [1.29, 1.82) is 0 Å². The number of amides is 1. The molecule has 0 unspecified atom stereocenters. The molecule has 228 valence electrons. The Balaban J connectivity index is 1.44. The van der Waals surface area contributed by atoms with Crippen LogP contribution in [-0.2, 0) is 26.0 Å². The van der Waals surface area contributed by atoms with Crippen molar-refractivity contribution >= 4 is 34.0 Å². The van der Waals surface area contributed by atoms with E-state index in [9.17, 15) is 27.0 Å². The lowest BCUT2D eigenvalue weighted by molar-refractivity contribution is -0.153. The zero-order chi connectivity index (χ0) is 30.4. The predicted molar refractivity (Wildman–Crippen MR) is 147 cm³/mol. The summed E-state index contributed by atoms with van der Waals surface area (Å²) in [5.41, 5.74) is 1.37. The first-order valence-electron chi connectivity index (χ1n) is 13.2. The van der Waals surface area contributed by atoms with Crippen LogP contribution in [0.2, 0.25) is 0 Å². The first-order valence-corrected chi connectivity index (χ1v) is 14.5. The highest BCUT2D eigenvalue weighted by molar-refractivity contribution is 7.84. The number of rotatable bonds is 9. The number of para-hydroxylation sites is 2. The Kier molecular flexibility index (Phi) is 10.0. The number of aromatic nitrogens is 3. The third-order valence-corrected chi connectivity index (χ3v) is 7.96. The van der Waals surface area contributed by atoms with E-state index in [1.165, 1.54) is 35.7 Å². The molecule has 1 amide bonds. The molecule has 1 atom stereocenters. The number of piperidine rings is 1. The second-order valence-corrected chi connectivity index (χ2v) is 11.3. The molecule has 0 radical (unpaired) electrons. The molecule has 3 heterocycles. The monoisotopic (exact) mass is 611 g/mol. The minimum Gasteiger partial charge on any atom is -0.484 e. The molecule has 2 aromatic heterocycles. The molecule has 1 aliphatic rings. The Morgan fingerprint density at radius 1 is 1.17 bits per heavy atom. The van der Waals surface area contributed by atoms with E-state index < -0.39 is 35.8 Å². The van der Waals surface area contributed by atoms with Crippen LogP contribution in [0.4, 0.5) is 22.8 Å². The minimum absolute atomic E-state index is 0.0270. The molecule has 1 aliphatic heterocycles. The fourth-order valence-corrected chi connectivity index (χ4v) is 5.60. The molecule has 0 aliphatic carbocycles. The van der Waals surface area contributed by atoms with Crippen LogP contribution in [0.3, 0.4) is 0 Å². The number of likely N-dealkylation sites (tertiary alicyclic amines) is 1. The number of hydrogen-bond acceptors (Lipinski definition) is 9. The standard InChI is InChI=1S/C27H32F3N5O6S/c1-18-21(31-11-8-23(18)40-17-27(28,29)30)16-42(38)24-32-20-6-4-5-7-22(20)35(24)25(36)34(3)14-15-39-26(37)41-19-9-12-33(2)13-10-19/h4-8,11,19H,9-10,12-17H2,1-3H3/t42-/m1/s1. The third kappa shape index (κ3) is 7.97. The van der Waals surface area contributed by atoms with Gasteiger partial charge in [0.1, 0.15) is 18.5 Å². The summed E-state index contributed by atoms with van der Waals surface area (Å²) in [4.78, 5) is 37.7. The van der Waals surface area contributed by atoms with E-state index in [2.05, 4.69) is 14.9 Å². The van der Waals surface area contributed by atoms with Gasteiger partial charge in [0.2, 0.25) is 5.16 Å².